The van der Waals surface area contributed by atoms with Crippen LogP contribution in [0.2, 0.25) is 51.9 Å². The molecule has 0 aliphatic rings. The van der Waals surface area contributed by atoms with Crippen LogP contribution in [-0.4, -0.2) is 55.9 Å². The summed E-state index contributed by atoms with van der Waals surface area (Å²) in [6.07, 6.45) is 1.46. The molecule has 0 aliphatic heterocycles. The molecule has 1 aromatic carbocycles. The Morgan fingerprint density at radius 2 is 1.39 bits per heavy atom. The molecule has 0 heterocycles. The minimum absolute atomic E-state index is 0.0606. The third-order valence-electron chi connectivity index (χ3n) is 3.94. The standard InChI is InChI=1S/C20H37NO7Si3/c1-29(2,3)27-31(7,28-30(4,5)6)17-9-15-25-14-8-16-26-20(22)18-10-12-19(13-11-18)21(23)24/h10-13H,8-9,14-17H2,1-7H3. The van der Waals surface area contributed by atoms with Crippen LogP contribution in [0.15, 0.2) is 24.3 Å². The van der Waals surface area contributed by atoms with E-state index >= 15 is 0 Å². The van der Waals surface area contributed by atoms with Gasteiger partial charge in [0.1, 0.15) is 0 Å². The third-order valence-corrected chi connectivity index (χ3v) is 13.6. The molecule has 0 aromatic heterocycles. The van der Waals surface area contributed by atoms with Gasteiger partial charge in [0, 0.05) is 31.8 Å². The molecule has 0 spiro atoms. The molecule has 0 saturated carbocycles. The molecule has 11 heteroatoms. The highest BCUT2D eigenvalue weighted by Crippen LogP contribution is 2.25. The van der Waals surface area contributed by atoms with E-state index in [4.69, 9.17) is 17.7 Å². The van der Waals surface area contributed by atoms with Gasteiger partial charge in [-0.25, -0.2) is 4.79 Å². The second-order valence-corrected chi connectivity index (χ2v) is 22.4. The first-order valence-electron chi connectivity index (χ1n) is 10.6. The van der Waals surface area contributed by atoms with Crippen molar-refractivity contribution in [2.75, 3.05) is 19.8 Å². The van der Waals surface area contributed by atoms with Crippen molar-refractivity contribution < 1.29 is 27.4 Å². The Kier molecular flexibility index (Phi) is 10.7. The summed E-state index contributed by atoms with van der Waals surface area (Å²) < 4.78 is 23.8. The van der Waals surface area contributed by atoms with Crippen LogP contribution in [0.5, 0.6) is 0 Å². The number of rotatable bonds is 14. The Hall–Kier alpha value is -1.38. The number of hydrogen-bond acceptors (Lipinski definition) is 7. The molecule has 1 rings (SSSR count). The van der Waals surface area contributed by atoms with Crippen molar-refractivity contribution in [3.8, 4) is 0 Å². The highest BCUT2D eigenvalue weighted by atomic mass is 28.5. The van der Waals surface area contributed by atoms with Crippen LogP contribution >= 0.6 is 0 Å². The van der Waals surface area contributed by atoms with Crippen molar-refractivity contribution in [2.24, 2.45) is 0 Å². The van der Waals surface area contributed by atoms with E-state index in [1.165, 1.54) is 24.3 Å². The summed E-state index contributed by atoms with van der Waals surface area (Å²) in [6, 6.07) is 6.26. The number of nitro groups is 1. The molecule has 0 saturated heterocycles. The zero-order valence-electron chi connectivity index (χ0n) is 19.9. The number of ether oxygens (including phenoxy) is 2. The minimum Gasteiger partial charge on any atom is -0.462 e. The van der Waals surface area contributed by atoms with Crippen LogP contribution in [0.1, 0.15) is 23.2 Å². The maximum atomic E-state index is 11.9. The third kappa shape index (κ3) is 12.3. The molecule has 1 aromatic rings. The topological polar surface area (TPSA) is 97.1 Å². The van der Waals surface area contributed by atoms with Crippen molar-refractivity contribution in [3.05, 3.63) is 39.9 Å². The molecule has 0 amide bonds. The largest absolute Gasteiger partial charge is 0.462 e. The summed E-state index contributed by atoms with van der Waals surface area (Å²) in [4.78, 5) is 22.1. The number of nitro benzene ring substituents is 1. The Morgan fingerprint density at radius 1 is 0.871 bits per heavy atom. The van der Waals surface area contributed by atoms with Crippen LogP contribution < -0.4 is 0 Å². The van der Waals surface area contributed by atoms with Gasteiger partial charge in [0.2, 0.25) is 0 Å². The quantitative estimate of drug-likeness (QED) is 0.115. The summed E-state index contributed by atoms with van der Waals surface area (Å²) in [5.41, 5.74) is 0.232. The Bertz CT molecular complexity index is 699. The number of carbonyl (C=O) groups excluding carboxylic acids is 1. The smallest absolute Gasteiger partial charge is 0.338 e. The zero-order valence-corrected chi connectivity index (χ0v) is 22.9. The molecule has 176 valence electrons. The van der Waals surface area contributed by atoms with Gasteiger partial charge < -0.3 is 17.7 Å². The first-order chi connectivity index (χ1) is 14.2. The van der Waals surface area contributed by atoms with E-state index in [0.717, 1.165) is 12.5 Å². The second kappa shape index (κ2) is 12.0. The van der Waals surface area contributed by atoms with Gasteiger partial charge in [-0.2, -0.15) is 0 Å². The van der Waals surface area contributed by atoms with Crippen LogP contribution in [0.4, 0.5) is 5.69 Å². The summed E-state index contributed by atoms with van der Waals surface area (Å²) >= 11 is 0. The van der Waals surface area contributed by atoms with E-state index in [2.05, 4.69) is 45.8 Å². The van der Waals surface area contributed by atoms with Crippen molar-refractivity contribution in [2.45, 2.75) is 64.7 Å². The van der Waals surface area contributed by atoms with E-state index in [0.29, 0.717) is 25.2 Å². The lowest BCUT2D eigenvalue weighted by atomic mass is 10.2. The van der Waals surface area contributed by atoms with E-state index in [9.17, 15) is 14.9 Å². The van der Waals surface area contributed by atoms with Gasteiger partial charge in [0.05, 0.1) is 17.1 Å². The van der Waals surface area contributed by atoms with Gasteiger partial charge in [0.15, 0.2) is 16.6 Å². The van der Waals surface area contributed by atoms with Crippen LogP contribution in [0, 0.1) is 10.1 Å². The van der Waals surface area contributed by atoms with Gasteiger partial charge in [-0.3, -0.25) is 10.1 Å². The van der Waals surface area contributed by atoms with Gasteiger partial charge in [-0.15, -0.1) is 0 Å². The fraction of sp³-hybridized carbons (Fsp3) is 0.650. The Balaban J connectivity index is 2.28. The van der Waals surface area contributed by atoms with Crippen molar-refractivity contribution in [1.82, 2.24) is 0 Å². The van der Waals surface area contributed by atoms with Crippen molar-refractivity contribution in [3.63, 3.8) is 0 Å². The number of nitrogens with zero attached hydrogens (tertiary/aromatic N) is 1. The van der Waals surface area contributed by atoms with Crippen molar-refractivity contribution >= 4 is 36.9 Å². The first kappa shape index (κ1) is 27.7. The molecule has 0 fully saturated rings. The molecular weight excluding hydrogens is 450 g/mol. The van der Waals surface area contributed by atoms with Gasteiger partial charge >= 0.3 is 14.5 Å². The average molecular weight is 488 g/mol. The zero-order chi connectivity index (χ0) is 23.7. The highest BCUT2D eigenvalue weighted by Gasteiger charge is 2.39. The SMILES string of the molecule is C[Si](C)(C)O[Si](C)(CCCOCCCOC(=O)c1ccc([N+](=O)[O-])cc1)O[Si](C)(C)C. The van der Waals surface area contributed by atoms with Gasteiger partial charge in [-0.05, 0) is 70.4 Å². The summed E-state index contributed by atoms with van der Waals surface area (Å²) in [7, 11) is -5.61. The van der Waals surface area contributed by atoms with Gasteiger partial charge in [-0.1, -0.05) is 0 Å². The van der Waals surface area contributed by atoms with E-state index in [1.54, 1.807) is 0 Å². The monoisotopic (exact) mass is 487 g/mol. The molecule has 0 bridgehead atoms. The van der Waals surface area contributed by atoms with E-state index in [-0.39, 0.29) is 12.3 Å². The van der Waals surface area contributed by atoms with E-state index in [1.807, 2.05) is 0 Å². The number of carbonyl (C=O) groups is 1. The lowest BCUT2D eigenvalue weighted by molar-refractivity contribution is -0.384. The van der Waals surface area contributed by atoms with E-state index < -0.39 is 36.1 Å². The molecule has 31 heavy (non-hydrogen) atoms. The fourth-order valence-corrected chi connectivity index (χ4v) is 15.7. The average Bonchev–Trinajstić information content (AvgIpc) is 2.60. The van der Waals surface area contributed by atoms with Crippen LogP contribution in [0.25, 0.3) is 0 Å². The van der Waals surface area contributed by atoms with Crippen molar-refractivity contribution in [1.29, 1.82) is 0 Å². The molecule has 8 nitrogen and oxygen atoms in total. The Morgan fingerprint density at radius 3 is 1.87 bits per heavy atom. The predicted octanol–water partition coefficient (Wildman–Crippen LogP) is 5.32. The molecule has 0 atom stereocenters. The Labute approximate surface area is 188 Å². The normalized spacial score (nSPS) is 12.6. The summed E-state index contributed by atoms with van der Waals surface area (Å²) in [5, 5.41) is 10.6. The summed E-state index contributed by atoms with van der Waals surface area (Å²) in [5.74, 6) is -0.497. The maximum absolute atomic E-state index is 11.9. The second-order valence-electron chi connectivity index (χ2n) is 9.57. The molecule has 0 unspecified atom stereocenters. The lowest BCUT2D eigenvalue weighted by Gasteiger charge is -2.38. The maximum Gasteiger partial charge on any atom is 0.338 e. The highest BCUT2D eigenvalue weighted by molar-refractivity contribution is 6.87. The molecule has 0 radical (unpaired) electrons. The first-order valence-corrected chi connectivity index (χ1v) is 19.9. The number of esters is 1. The predicted molar refractivity (Wildman–Crippen MR) is 129 cm³/mol. The van der Waals surface area contributed by atoms with Gasteiger partial charge in [0.25, 0.3) is 5.69 Å². The fourth-order valence-electron chi connectivity index (χ4n) is 3.14. The molecular formula is C20H37NO7Si3. The van der Waals surface area contributed by atoms with Crippen LogP contribution in [0.3, 0.4) is 0 Å². The lowest BCUT2D eigenvalue weighted by Crippen LogP contribution is -2.52. The minimum atomic E-state index is -2.23. The number of benzene rings is 1. The molecule has 0 aliphatic carbocycles. The molecule has 0 N–H and O–H groups in total. The van der Waals surface area contributed by atoms with Crippen LogP contribution in [-0.2, 0) is 17.7 Å². The number of non-ortho nitro benzene ring substituents is 1. The summed E-state index contributed by atoms with van der Waals surface area (Å²) in [6.45, 7) is 16.7. The number of hydrogen-bond donors (Lipinski definition) is 0.